The maximum absolute atomic E-state index is 9.54. The Bertz CT molecular complexity index is 299. The highest BCUT2D eigenvalue weighted by Crippen LogP contribution is 2.19. The summed E-state index contributed by atoms with van der Waals surface area (Å²) in [5.74, 6) is 0. The van der Waals surface area contributed by atoms with Gasteiger partial charge in [0.05, 0.1) is 6.10 Å². The van der Waals surface area contributed by atoms with Crippen LogP contribution in [0.5, 0.6) is 0 Å². The first-order valence-electron chi connectivity index (χ1n) is 5.72. The second-order valence-corrected chi connectivity index (χ2v) is 4.48. The fourth-order valence-electron chi connectivity index (χ4n) is 2.25. The van der Waals surface area contributed by atoms with Crippen molar-refractivity contribution in [3.63, 3.8) is 0 Å². The summed E-state index contributed by atoms with van der Waals surface area (Å²) >= 11 is 0. The predicted molar refractivity (Wildman–Crippen MR) is 61.6 cm³/mol. The molecule has 1 N–H and O–H groups in total. The molecule has 1 saturated heterocycles. The molecular formula is C13H19NO. The van der Waals surface area contributed by atoms with Gasteiger partial charge < -0.3 is 5.11 Å². The van der Waals surface area contributed by atoms with E-state index in [1.807, 2.05) is 6.07 Å². The molecule has 1 aromatic carbocycles. The monoisotopic (exact) mass is 205 g/mol. The zero-order valence-corrected chi connectivity index (χ0v) is 9.26. The Morgan fingerprint density at radius 2 is 2.07 bits per heavy atom. The molecule has 0 unspecified atom stereocenters. The van der Waals surface area contributed by atoms with Gasteiger partial charge in [0.1, 0.15) is 0 Å². The van der Waals surface area contributed by atoms with Crippen molar-refractivity contribution in [2.75, 3.05) is 6.54 Å². The van der Waals surface area contributed by atoms with E-state index in [0.717, 1.165) is 25.9 Å². The number of piperidine rings is 1. The summed E-state index contributed by atoms with van der Waals surface area (Å²) in [6.45, 7) is 4.22. The van der Waals surface area contributed by atoms with Crippen molar-refractivity contribution in [3.05, 3.63) is 35.9 Å². The molecule has 0 spiro atoms. The van der Waals surface area contributed by atoms with Gasteiger partial charge in [0.15, 0.2) is 0 Å². The van der Waals surface area contributed by atoms with Crippen molar-refractivity contribution in [2.24, 2.45) is 0 Å². The molecule has 82 valence electrons. The van der Waals surface area contributed by atoms with Gasteiger partial charge in [-0.2, -0.15) is 0 Å². The number of hydrogen-bond donors (Lipinski definition) is 1. The van der Waals surface area contributed by atoms with Crippen LogP contribution in [0, 0.1) is 0 Å². The van der Waals surface area contributed by atoms with Crippen molar-refractivity contribution < 1.29 is 5.11 Å². The van der Waals surface area contributed by atoms with Crippen LogP contribution in [-0.2, 0) is 6.54 Å². The van der Waals surface area contributed by atoms with Crippen LogP contribution in [0.25, 0.3) is 0 Å². The molecule has 2 nitrogen and oxygen atoms in total. The quantitative estimate of drug-likeness (QED) is 0.798. The molecule has 2 rings (SSSR count). The standard InChI is InChI=1S/C13H19NO/c1-11-9-13(15)7-8-14(11)10-12-5-3-2-4-6-12/h2-6,11,13,15H,7-10H2,1H3/t11-,13-/m0/s1. The third-order valence-electron chi connectivity index (χ3n) is 3.21. The van der Waals surface area contributed by atoms with Gasteiger partial charge >= 0.3 is 0 Å². The zero-order valence-electron chi connectivity index (χ0n) is 9.26. The van der Waals surface area contributed by atoms with Crippen molar-refractivity contribution in [1.29, 1.82) is 0 Å². The van der Waals surface area contributed by atoms with E-state index < -0.39 is 0 Å². The Hall–Kier alpha value is -0.860. The van der Waals surface area contributed by atoms with Gasteiger partial charge in [-0.1, -0.05) is 30.3 Å². The molecule has 0 bridgehead atoms. The molecular weight excluding hydrogens is 186 g/mol. The predicted octanol–water partition coefficient (Wildman–Crippen LogP) is 2.03. The lowest BCUT2D eigenvalue weighted by Crippen LogP contribution is -2.41. The average Bonchev–Trinajstić information content (AvgIpc) is 2.24. The van der Waals surface area contributed by atoms with E-state index in [1.165, 1.54) is 5.56 Å². The van der Waals surface area contributed by atoms with E-state index in [2.05, 4.69) is 36.1 Å². The third-order valence-corrected chi connectivity index (χ3v) is 3.21. The number of rotatable bonds is 2. The number of likely N-dealkylation sites (tertiary alicyclic amines) is 1. The van der Waals surface area contributed by atoms with Crippen LogP contribution in [0.15, 0.2) is 30.3 Å². The van der Waals surface area contributed by atoms with Gasteiger partial charge in [0.25, 0.3) is 0 Å². The lowest BCUT2D eigenvalue weighted by molar-refractivity contribution is 0.0442. The second-order valence-electron chi connectivity index (χ2n) is 4.48. The number of aliphatic hydroxyl groups is 1. The Labute approximate surface area is 91.5 Å². The van der Waals surface area contributed by atoms with E-state index in [1.54, 1.807) is 0 Å². The summed E-state index contributed by atoms with van der Waals surface area (Å²) in [5, 5.41) is 9.54. The Morgan fingerprint density at radius 1 is 1.33 bits per heavy atom. The van der Waals surface area contributed by atoms with E-state index in [-0.39, 0.29) is 6.10 Å². The molecule has 1 heterocycles. The van der Waals surface area contributed by atoms with Gasteiger partial charge in [-0.25, -0.2) is 0 Å². The summed E-state index contributed by atoms with van der Waals surface area (Å²) in [7, 11) is 0. The summed E-state index contributed by atoms with van der Waals surface area (Å²) < 4.78 is 0. The van der Waals surface area contributed by atoms with Gasteiger partial charge in [-0.3, -0.25) is 4.90 Å². The summed E-state index contributed by atoms with van der Waals surface area (Å²) in [5.41, 5.74) is 1.36. The summed E-state index contributed by atoms with van der Waals surface area (Å²) in [4.78, 5) is 2.45. The number of aliphatic hydroxyl groups excluding tert-OH is 1. The molecule has 1 aromatic rings. The van der Waals surface area contributed by atoms with E-state index in [0.29, 0.717) is 6.04 Å². The molecule has 0 aromatic heterocycles. The maximum Gasteiger partial charge on any atom is 0.0567 e. The average molecular weight is 205 g/mol. The van der Waals surface area contributed by atoms with Crippen LogP contribution < -0.4 is 0 Å². The van der Waals surface area contributed by atoms with Gasteiger partial charge in [-0.05, 0) is 25.3 Å². The number of nitrogens with zero attached hydrogens (tertiary/aromatic N) is 1. The number of benzene rings is 1. The van der Waals surface area contributed by atoms with Crippen molar-refractivity contribution >= 4 is 0 Å². The second kappa shape index (κ2) is 4.77. The van der Waals surface area contributed by atoms with Crippen LogP contribution in [0.3, 0.4) is 0 Å². The molecule has 0 amide bonds. The van der Waals surface area contributed by atoms with E-state index >= 15 is 0 Å². The molecule has 1 aliphatic heterocycles. The Morgan fingerprint density at radius 3 is 2.73 bits per heavy atom. The molecule has 15 heavy (non-hydrogen) atoms. The van der Waals surface area contributed by atoms with Gasteiger partial charge in [0, 0.05) is 19.1 Å². The van der Waals surface area contributed by atoms with E-state index in [9.17, 15) is 5.11 Å². The smallest absolute Gasteiger partial charge is 0.0567 e. The topological polar surface area (TPSA) is 23.5 Å². The minimum atomic E-state index is -0.0907. The minimum absolute atomic E-state index is 0.0907. The van der Waals surface area contributed by atoms with Crippen molar-refractivity contribution in [1.82, 2.24) is 4.90 Å². The largest absolute Gasteiger partial charge is 0.393 e. The first kappa shape index (κ1) is 10.7. The molecule has 1 aliphatic rings. The third kappa shape index (κ3) is 2.80. The highest BCUT2D eigenvalue weighted by molar-refractivity contribution is 5.14. The molecule has 0 saturated carbocycles. The molecule has 2 atom stereocenters. The fourth-order valence-corrected chi connectivity index (χ4v) is 2.25. The first-order chi connectivity index (χ1) is 7.25. The van der Waals surface area contributed by atoms with Crippen molar-refractivity contribution in [3.8, 4) is 0 Å². The molecule has 0 radical (unpaired) electrons. The summed E-state index contributed by atoms with van der Waals surface area (Å²) in [6.07, 6.45) is 1.73. The van der Waals surface area contributed by atoms with Crippen LogP contribution >= 0.6 is 0 Å². The van der Waals surface area contributed by atoms with Crippen LogP contribution in [-0.4, -0.2) is 28.7 Å². The lowest BCUT2D eigenvalue weighted by Gasteiger charge is -2.35. The normalized spacial score (nSPS) is 27.9. The lowest BCUT2D eigenvalue weighted by atomic mass is 10.00. The Balaban J connectivity index is 1.95. The molecule has 2 heteroatoms. The highest BCUT2D eigenvalue weighted by atomic mass is 16.3. The SMILES string of the molecule is C[C@H]1C[C@@H](O)CCN1Cc1ccccc1. The Kier molecular flexibility index (Phi) is 3.39. The van der Waals surface area contributed by atoms with Crippen LogP contribution in [0.4, 0.5) is 0 Å². The molecule has 0 aliphatic carbocycles. The van der Waals surface area contributed by atoms with Crippen LogP contribution in [0.2, 0.25) is 0 Å². The number of hydrogen-bond acceptors (Lipinski definition) is 2. The summed E-state index contributed by atoms with van der Waals surface area (Å²) in [6, 6.07) is 11.0. The first-order valence-corrected chi connectivity index (χ1v) is 5.72. The van der Waals surface area contributed by atoms with Gasteiger partial charge in [0.2, 0.25) is 0 Å². The highest BCUT2D eigenvalue weighted by Gasteiger charge is 2.23. The van der Waals surface area contributed by atoms with Crippen molar-refractivity contribution in [2.45, 2.75) is 38.5 Å². The van der Waals surface area contributed by atoms with E-state index in [4.69, 9.17) is 0 Å². The minimum Gasteiger partial charge on any atom is -0.393 e. The maximum atomic E-state index is 9.54. The fraction of sp³-hybridized carbons (Fsp3) is 0.538. The molecule has 1 fully saturated rings. The zero-order chi connectivity index (χ0) is 10.7. The van der Waals surface area contributed by atoms with Crippen LogP contribution in [0.1, 0.15) is 25.3 Å². The van der Waals surface area contributed by atoms with Gasteiger partial charge in [-0.15, -0.1) is 0 Å².